The van der Waals surface area contributed by atoms with Gasteiger partial charge in [-0.3, -0.25) is 14.4 Å². The molecule has 2 N–H and O–H groups in total. The molecule has 0 spiro atoms. The number of nitrogens with one attached hydrogen (secondary N) is 2. The lowest BCUT2D eigenvalue weighted by Crippen LogP contribution is -2.35. The molecule has 0 bridgehead atoms. The van der Waals surface area contributed by atoms with Crippen molar-refractivity contribution in [2.45, 2.75) is 45.1 Å². The molecule has 1 aromatic rings. The van der Waals surface area contributed by atoms with Crippen molar-refractivity contribution in [2.24, 2.45) is 5.92 Å². The minimum atomic E-state index is -0.364. The highest BCUT2D eigenvalue weighted by molar-refractivity contribution is 5.99. The lowest BCUT2D eigenvalue weighted by Gasteiger charge is -2.24. The van der Waals surface area contributed by atoms with Crippen LogP contribution in [0.25, 0.3) is 0 Å². The van der Waals surface area contributed by atoms with Crippen LogP contribution in [-0.2, 0) is 14.4 Å². The average molecular weight is 359 g/mol. The first-order chi connectivity index (χ1) is 12.5. The van der Waals surface area contributed by atoms with Gasteiger partial charge >= 0.3 is 0 Å². The Bertz CT molecular complexity index is 713. The minimum absolute atomic E-state index is 0.0658. The zero-order valence-electron chi connectivity index (χ0n) is 15.2. The lowest BCUT2D eigenvalue weighted by atomic mass is 10.1. The van der Waals surface area contributed by atoms with Crippen LogP contribution in [0.5, 0.6) is 5.75 Å². The summed E-state index contributed by atoms with van der Waals surface area (Å²) in [6.45, 7) is 1.90. The van der Waals surface area contributed by atoms with Crippen molar-refractivity contribution in [1.82, 2.24) is 4.90 Å². The molecule has 1 saturated carbocycles. The number of ether oxygens (including phenoxy) is 1. The fraction of sp³-hybridized carbons (Fsp3) is 0.526. The second-order valence-corrected chi connectivity index (χ2v) is 6.97. The third-order valence-corrected chi connectivity index (χ3v) is 5.07. The maximum Gasteiger partial charge on any atom is 0.229 e. The molecule has 1 aliphatic carbocycles. The molecule has 1 unspecified atom stereocenters. The summed E-state index contributed by atoms with van der Waals surface area (Å²) in [6, 6.07) is 5.34. The van der Waals surface area contributed by atoms with E-state index in [9.17, 15) is 14.4 Å². The van der Waals surface area contributed by atoms with E-state index in [0.717, 1.165) is 25.7 Å². The molecule has 1 aliphatic heterocycles. The van der Waals surface area contributed by atoms with Crippen LogP contribution in [0.4, 0.5) is 11.4 Å². The maximum absolute atomic E-state index is 12.7. The van der Waals surface area contributed by atoms with E-state index in [1.165, 1.54) is 14.0 Å². The topological polar surface area (TPSA) is 87.7 Å². The molecule has 1 heterocycles. The van der Waals surface area contributed by atoms with Crippen molar-refractivity contribution < 1.29 is 19.1 Å². The van der Waals surface area contributed by atoms with Gasteiger partial charge in [-0.1, -0.05) is 12.8 Å². The van der Waals surface area contributed by atoms with E-state index < -0.39 is 0 Å². The zero-order chi connectivity index (χ0) is 18.7. The Morgan fingerprint density at radius 1 is 1.19 bits per heavy atom. The first kappa shape index (κ1) is 18.2. The van der Waals surface area contributed by atoms with E-state index in [1.807, 2.05) is 4.90 Å². The Labute approximate surface area is 153 Å². The van der Waals surface area contributed by atoms with Gasteiger partial charge in [0.05, 0.1) is 18.7 Å². The van der Waals surface area contributed by atoms with Crippen molar-refractivity contribution >= 4 is 29.1 Å². The van der Waals surface area contributed by atoms with Crippen LogP contribution in [0.15, 0.2) is 18.2 Å². The van der Waals surface area contributed by atoms with Crippen LogP contribution in [-0.4, -0.2) is 42.3 Å². The molecule has 26 heavy (non-hydrogen) atoms. The monoisotopic (exact) mass is 359 g/mol. The standard InChI is InChI=1S/C19H25N3O4/c1-12(23)20-14-7-8-17(26-2)16(10-14)21-19(25)13-9-18(24)22(11-13)15-5-3-4-6-15/h7-8,10,13,15H,3-6,9,11H2,1-2H3,(H,20,23)(H,21,25). The van der Waals surface area contributed by atoms with E-state index in [0.29, 0.717) is 23.7 Å². The molecule has 1 atom stereocenters. The number of amides is 3. The molecule has 0 aromatic heterocycles. The van der Waals surface area contributed by atoms with Gasteiger partial charge < -0.3 is 20.3 Å². The number of hydrogen-bond donors (Lipinski definition) is 2. The predicted octanol–water partition coefficient (Wildman–Crippen LogP) is 2.38. The smallest absolute Gasteiger partial charge is 0.229 e. The van der Waals surface area contributed by atoms with Crippen LogP contribution < -0.4 is 15.4 Å². The second-order valence-electron chi connectivity index (χ2n) is 6.97. The highest BCUT2D eigenvalue weighted by Gasteiger charge is 2.38. The van der Waals surface area contributed by atoms with Crippen LogP contribution in [0, 0.1) is 5.92 Å². The van der Waals surface area contributed by atoms with Crippen molar-refractivity contribution in [2.75, 3.05) is 24.3 Å². The quantitative estimate of drug-likeness (QED) is 0.845. The molecule has 2 aliphatic rings. The zero-order valence-corrected chi connectivity index (χ0v) is 15.2. The summed E-state index contributed by atoms with van der Waals surface area (Å²) >= 11 is 0. The number of carbonyl (C=O) groups excluding carboxylic acids is 3. The SMILES string of the molecule is COc1ccc(NC(C)=O)cc1NC(=O)C1CC(=O)N(C2CCCC2)C1. The van der Waals surface area contributed by atoms with Crippen molar-refractivity contribution in [3.05, 3.63) is 18.2 Å². The molecule has 1 saturated heterocycles. The van der Waals surface area contributed by atoms with E-state index in [4.69, 9.17) is 4.74 Å². The normalized spacial score (nSPS) is 20.3. The summed E-state index contributed by atoms with van der Waals surface area (Å²) in [6.07, 6.45) is 4.62. The van der Waals surface area contributed by atoms with Gasteiger partial charge in [-0.05, 0) is 31.0 Å². The summed E-state index contributed by atoms with van der Waals surface area (Å²) in [4.78, 5) is 38.1. The van der Waals surface area contributed by atoms with Gasteiger partial charge in [-0.15, -0.1) is 0 Å². The molecule has 0 radical (unpaired) electrons. The van der Waals surface area contributed by atoms with Gasteiger partial charge in [-0.2, -0.15) is 0 Å². The van der Waals surface area contributed by atoms with E-state index in [2.05, 4.69) is 10.6 Å². The molecule has 7 nitrogen and oxygen atoms in total. The van der Waals surface area contributed by atoms with Crippen LogP contribution >= 0.6 is 0 Å². The average Bonchev–Trinajstić information content (AvgIpc) is 3.23. The highest BCUT2D eigenvalue weighted by Crippen LogP contribution is 2.32. The maximum atomic E-state index is 12.7. The molecular weight excluding hydrogens is 334 g/mol. The van der Waals surface area contributed by atoms with Gasteiger partial charge in [0.25, 0.3) is 0 Å². The Kier molecular flexibility index (Phi) is 5.44. The molecule has 140 valence electrons. The number of carbonyl (C=O) groups is 3. The summed E-state index contributed by atoms with van der Waals surface area (Å²) in [5, 5.41) is 5.54. The molecule has 2 fully saturated rings. The number of rotatable bonds is 5. The minimum Gasteiger partial charge on any atom is -0.495 e. The number of hydrogen-bond acceptors (Lipinski definition) is 4. The van der Waals surface area contributed by atoms with Gasteiger partial charge in [0, 0.05) is 31.6 Å². The van der Waals surface area contributed by atoms with Crippen LogP contribution in [0.3, 0.4) is 0 Å². The number of likely N-dealkylation sites (tertiary alicyclic amines) is 1. The number of methoxy groups -OCH3 is 1. The molecule has 7 heteroatoms. The Morgan fingerprint density at radius 2 is 1.92 bits per heavy atom. The lowest BCUT2D eigenvalue weighted by molar-refractivity contribution is -0.130. The van der Waals surface area contributed by atoms with Crippen molar-refractivity contribution in [3.63, 3.8) is 0 Å². The summed E-state index contributed by atoms with van der Waals surface area (Å²) in [7, 11) is 1.52. The van der Waals surface area contributed by atoms with E-state index in [1.54, 1.807) is 18.2 Å². The fourth-order valence-electron chi connectivity index (χ4n) is 3.80. The van der Waals surface area contributed by atoms with Gasteiger partial charge in [-0.25, -0.2) is 0 Å². The van der Waals surface area contributed by atoms with Crippen LogP contribution in [0.2, 0.25) is 0 Å². The Morgan fingerprint density at radius 3 is 2.58 bits per heavy atom. The van der Waals surface area contributed by atoms with Crippen LogP contribution in [0.1, 0.15) is 39.0 Å². The largest absolute Gasteiger partial charge is 0.495 e. The molecule has 3 rings (SSSR count). The second kappa shape index (κ2) is 7.76. The predicted molar refractivity (Wildman–Crippen MR) is 98.0 cm³/mol. The van der Waals surface area contributed by atoms with Crippen molar-refractivity contribution in [1.29, 1.82) is 0 Å². The number of anilines is 2. The number of benzene rings is 1. The van der Waals surface area contributed by atoms with Gasteiger partial charge in [0.1, 0.15) is 5.75 Å². The number of nitrogens with zero attached hydrogens (tertiary/aromatic N) is 1. The summed E-state index contributed by atoms with van der Waals surface area (Å²) in [5.41, 5.74) is 1.05. The summed E-state index contributed by atoms with van der Waals surface area (Å²) in [5.74, 6) is -0.184. The highest BCUT2D eigenvalue weighted by atomic mass is 16.5. The van der Waals surface area contributed by atoms with Gasteiger partial charge in [0.15, 0.2) is 0 Å². The van der Waals surface area contributed by atoms with Gasteiger partial charge in [0.2, 0.25) is 17.7 Å². The Balaban J connectivity index is 1.69. The third-order valence-electron chi connectivity index (χ3n) is 5.07. The van der Waals surface area contributed by atoms with Crippen molar-refractivity contribution in [3.8, 4) is 5.75 Å². The van der Waals surface area contributed by atoms with E-state index in [-0.39, 0.29) is 36.1 Å². The molecule has 1 aromatic carbocycles. The Hall–Kier alpha value is -2.57. The summed E-state index contributed by atoms with van der Waals surface area (Å²) < 4.78 is 5.29. The van der Waals surface area contributed by atoms with E-state index >= 15 is 0 Å². The first-order valence-electron chi connectivity index (χ1n) is 9.04. The third kappa shape index (κ3) is 3.98. The molecule has 3 amide bonds. The fourth-order valence-corrected chi connectivity index (χ4v) is 3.80. The first-order valence-corrected chi connectivity index (χ1v) is 9.04. The molecular formula is C19H25N3O4.